The highest BCUT2D eigenvalue weighted by Gasteiger charge is 2.18. The Kier molecular flexibility index (Phi) is 7.30. The van der Waals surface area contributed by atoms with Gasteiger partial charge in [-0.3, -0.25) is 5.10 Å². The minimum Gasteiger partial charge on any atom is -0.357 e. The summed E-state index contributed by atoms with van der Waals surface area (Å²) in [6, 6.07) is 12.5. The average Bonchev–Trinajstić information content (AvgIpc) is 3.40. The van der Waals surface area contributed by atoms with Gasteiger partial charge in [-0.25, -0.2) is 9.50 Å². The number of aromatic nitrogens is 5. The van der Waals surface area contributed by atoms with Crippen molar-refractivity contribution in [1.29, 1.82) is 0 Å². The first-order chi connectivity index (χ1) is 16.5. The van der Waals surface area contributed by atoms with Gasteiger partial charge in [-0.15, -0.1) is 10.2 Å². The topological polar surface area (TPSA) is 74.1 Å². The Bertz CT molecular complexity index is 1260. The summed E-state index contributed by atoms with van der Waals surface area (Å²) in [5, 5.41) is 15.8. The molecule has 0 spiro atoms. The van der Waals surface area contributed by atoms with E-state index in [1.54, 1.807) is 6.08 Å². The van der Waals surface area contributed by atoms with Gasteiger partial charge in [0.1, 0.15) is 11.5 Å². The van der Waals surface area contributed by atoms with E-state index in [9.17, 15) is 0 Å². The van der Waals surface area contributed by atoms with Crippen LogP contribution in [0.3, 0.4) is 0 Å². The first-order valence-electron chi connectivity index (χ1n) is 12.2. The number of fused-ring (bicyclic) bond motifs is 1. The Labute approximate surface area is 201 Å². The number of hydrogen-bond acceptors (Lipinski definition) is 5. The lowest BCUT2D eigenvalue weighted by Crippen LogP contribution is -2.26. The zero-order valence-electron chi connectivity index (χ0n) is 20.7. The molecule has 7 heteroatoms. The summed E-state index contributed by atoms with van der Waals surface area (Å²) in [6.45, 7) is 14.6. The van der Waals surface area contributed by atoms with Gasteiger partial charge in [0.05, 0.1) is 17.1 Å². The minimum absolute atomic E-state index is 0.724. The van der Waals surface area contributed by atoms with Gasteiger partial charge in [-0.1, -0.05) is 57.0 Å². The molecule has 0 radical (unpaired) electrons. The van der Waals surface area contributed by atoms with Gasteiger partial charge in [0.15, 0.2) is 5.82 Å². The van der Waals surface area contributed by atoms with Crippen molar-refractivity contribution in [3.05, 3.63) is 59.9 Å². The summed E-state index contributed by atoms with van der Waals surface area (Å²) in [7, 11) is 0. The summed E-state index contributed by atoms with van der Waals surface area (Å²) < 4.78 is 1.91. The van der Waals surface area contributed by atoms with Crippen LogP contribution < -0.4 is 10.2 Å². The van der Waals surface area contributed by atoms with Gasteiger partial charge in [0, 0.05) is 18.7 Å². The van der Waals surface area contributed by atoms with Crippen molar-refractivity contribution in [1.82, 2.24) is 24.8 Å². The second-order valence-electron chi connectivity index (χ2n) is 8.78. The lowest BCUT2D eigenvalue weighted by atomic mass is 10.1. The van der Waals surface area contributed by atoms with Crippen LogP contribution in [0.25, 0.3) is 23.1 Å². The second kappa shape index (κ2) is 10.5. The minimum atomic E-state index is 0.724. The molecule has 7 nitrogen and oxygen atoms in total. The van der Waals surface area contributed by atoms with Crippen molar-refractivity contribution >= 4 is 28.9 Å². The molecular formula is C27H35N7. The van der Waals surface area contributed by atoms with Crippen LogP contribution in [0.1, 0.15) is 56.5 Å². The Balaban J connectivity index is 1.65. The van der Waals surface area contributed by atoms with Gasteiger partial charge in [0.2, 0.25) is 5.65 Å². The summed E-state index contributed by atoms with van der Waals surface area (Å²) in [5.74, 6) is 1.81. The third-order valence-electron chi connectivity index (χ3n) is 6.09. The van der Waals surface area contributed by atoms with Crippen LogP contribution in [0.5, 0.6) is 0 Å². The number of rotatable bonds is 11. The molecule has 0 aliphatic rings. The first-order valence-corrected chi connectivity index (χ1v) is 12.2. The van der Waals surface area contributed by atoms with Gasteiger partial charge in [-0.2, -0.15) is 0 Å². The number of anilines is 3. The number of aromatic amines is 1. The predicted octanol–water partition coefficient (Wildman–Crippen LogP) is 6.53. The SMILES string of the molecule is C=Cc1[nH]n2c(-c3cccc(C)c3)nnc2c1Nc1ccc(N(CCCC)CCCC)nc1C. The van der Waals surface area contributed by atoms with Crippen LogP contribution >= 0.6 is 0 Å². The van der Waals surface area contributed by atoms with Crippen molar-refractivity contribution < 1.29 is 0 Å². The molecule has 0 saturated carbocycles. The highest BCUT2D eigenvalue weighted by Crippen LogP contribution is 2.31. The molecule has 0 fully saturated rings. The van der Waals surface area contributed by atoms with Gasteiger partial charge < -0.3 is 10.2 Å². The third kappa shape index (κ3) is 4.83. The number of nitrogens with one attached hydrogen (secondary N) is 2. The number of aryl methyl sites for hydroxylation is 2. The molecule has 3 heterocycles. The number of hydrogen-bond donors (Lipinski definition) is 2. The molecule has 0 unspecified atom stereocenters. The maximum atomic E-state index is 4.94. The van der Waals surface area contributed by atoms with Crippen LogP contribution in [0.2, 0.25) is 0 Å². The molecule has 2 N–H and O–H groups in total. The van der Waals surface area contributed by atoms with Crippen LogP contribution in [0.15, 0.2) is 43.0 Å². The Hall–Kier alpha value is -3.61. The first kappa shape index (κ1) is 23.5. The number of unbranched alkanes of at least 4 members (excludes halogenated alkanes) is 2. The average molecular weight is 458 g/mol. The van der Waals surface area contributed by atoms with Crippen molar-refractivity contribution in [2.24, 2.45) is 0 Å². The maximum Gasteiger partial charge on any atom is 0.201 e. The number of H-pyrrole nitrogens is 1. The van der Waals surface area contributed by atoms with E-state index in [2.05, 4.69) is 77.1 Å². The second-order valence-corrected chi connectivity index (χ2v) is 8.78. The van der Waals surface area contributed by atoms with Crippen molar-refractivity contribution in [2.75, 3.05) is 23.3 Å². The van der Waals surface area contributed by atoms with Gasteiger partial charge in [0.25, 0.3) is 0 Å². The molecule has 4 rings (SSSR count). The fraction of sp³-hybridized carbons (Fsp3) is 0.370. The molecule has 178 valence electrons. The van der Waals surface area contributed by atoms with E-state index in [1.165, 1.54) is 31.2 Å². The molecule has 0 bridgehead atoms. The highest BCUT2D eigenvalue weighted by atomic mass is 15.4. The van der Waals surface area contributed by atoms with Crippen LogP contribution in [-0.2, 0) is 0 Å². The zero-order chi connectivity index (χ0) is 24.1. The van der Waals surface area contributed by atoms with Crippen molar-refractivity contribution in [2.45, 2.75) is 53.4 Å². The van der Waals surface area contributed by atoms with Crippen molar-refractivity contribution in [3.63, 3.8) is 0 Å². The van der Waals surface area contributed by atoms with E-state index in [0.717, 1.165) is 58.7 Å². The number of pyridine rings is 1. The predicted molar refractivity (Wildman–Crippen MR) is 142 cm³/mol. The van der Waals surface area contributed by atoms with E-state index in [0.29, 0.717) is 0 Å². The molecule has 0 aliphatic carbocycles. The van der Waals surface area contributed by atoms with E-state index in [4.69, 9.17) is 4.98 Å². The molecule has 1 aromatic carbocycles. The van der Waals surface area contributed by atoms with E-state index < -0.39 is 0 Å². The summed E-state index contributed by atoms with van der Waals surface area (Å²) in [6.07, 6.45) is 6.50. The maximum absolute atomic E-state index is 4.94. The molecule has 0 aliphatic heterocycles. The third-order valence-corrected chi connectivity index (χ3v) is 6.09. The smallest absolute Gasteiger partial charge is 0.201 e. The summed E-state index contributed by atoms with van der Waals surface area (Å²) in [4.78, 5) is 7.35. The highest BCUT2D eigenvalue weighted by molar-refractivity contribution is 5.83. The van der Waals surface area contributed by atoms with Gasteiger partial charge in [-0.05, 0) is 51.0 Å². The monoisotopic (exact) mass is 457 g/mol. The fourth-order valence-corrected chi connectivity index (χ4v) is 4.12. The molecular weight excluding hydrogens is 422 g/mol. The fourth-order valence-electron chi connectivity index (χ4n) is 4.12. The lowest BCUT2D eigenvalue weighted by Gasteiger charge is -2.24. The van der Waals surface area contributed by atoms with Crippen LogP contribution in [0, 0.1) is 13.8 Å². The number of nitrogens with zero attached hydrogens (tertiary/aromatic N) is 5. The normalized spacial score (nSPS) is 11.2. The Morgan fingerprint density at radius 1 is 1.06 bits per heavy atom. The summed E-state index contributed by atoms with van der Waals surface area (Å²) in [5.41, 5.74) is 6.50. The van der Waals surface area contributed by atoms with E-state index in [1.807, 2.05) is 23.6 Å². The molecule has 0 atom stereocenters. The van der Waals surface area contributed by atoms with Gasteiger partial charge >= 0.3 is 0 Å². The molecule has 3 aromatic heterocycles. The number of benzene rings is 1. The van der Waals surface area contributed by atoms with E-state index in [-0.39, 0.29) is 0 Å². The lowest BCUT2D eigenvalue weighted by molar-refractivity contribution is 0.670. The Morgan fingerprint density at radius 2 is 1.82 bits per heavy atom. The molecule has 0 amide bonds. The van der Waals surface area contributed by atoms with Crippen LogP contribution in [-0.4, -0.2) is 37.9 Å². The quantitative estimate of drug-likeness (QED) is 0.268. The van der Waals surface area contributed by atoms with E-state index >= 15 is 0 Å². The Morgan fingerprint density at radius 3 is 2.47 bits per heavy atom. The molecule has 34 heavy (non-hydrogen) atoms. The molecule has 4 aromatic rings. The largest absolute Gasteiger partial charge is 0.357 e. The molecule has 0 saturated heterocycles. The van der Waals surface area contributed by atoms with Crippen LogP contribution in [0.4, 0.5) is 17.2 Å². The summed E-state index contributed by atoms with van der Waals surface area (Å²) >= 11 is 0. The zero-order valence-corrected chi connectivity index (χ0v) is 20.7. The standard InChI is InChI=1S/C27H35N7/c1-6-9-16-33(17-10-7-2)24-15-14-23(20(5)28-24)29-25-22(8-3)32-34-26(30-31-27(25)34)21-13-11-12-19(4)18-21/h8,11-15,18,29,32H,3,6-7,9-10,16-17H2,1-2,4-5H3. The van der Waals surface area contributed by atoms with Crippen molar-refractivity contribution in [3.8, 4) is 11.4 Å².